The molecule has 2 rings (SSSR count). The number of carbonyl (C=O) groups is 1. The average Bonchev–Trinajstić information content (AvgIpc) is 2.46. The van der Waals surface area contributed by atoms with Gasteiger partial charge in [-0.3, -0.25) is 4.79 Å². The van der Waals surface area contributed by atoms with E-state index in [0.29, 0.717) is 23.7 Å². The lowest BCUT2D eigenvalue weighted by Crippen LogP contribution is -2.12. The van der Waals surface area contributed by atoms with E-state index in [1.807, 2.05) is 12.1 Å². The Balaban J connectivity index is 2.08. The summed E-state index contributed by atoms with van der Waals surface area (Å²) < 4.78 is 5.06. The van der Waals surface area contributed by atoms with E-state index < -0.39 is 5.91 Å². The van der Waals surface area contributed by atoms with E-state index in [-0.39, 0.29) is 0 Å². The summed E-state index contributed by atoms with van der Waals surface area (Å²) in [7, 11) is 1.57. The van der Waals surface area contributed by atoms with Crippen molar-refractivity contribution in [3.63, 3.8) is 0 Å². The Kier molecular flexibility index (Phi) is 4.05. The van der Waals surface area contributed by atoms with Gasteiger partial charge in [0.15, 0.2) is 0 Å². The van der Waals surface area contributed by atoms with Gasteiger partial charge < -0.3 is 21.5 Å². The van der Waals surface area contributed by atoms with Gasteiger partial charge in [-0.25, -0.2) is 4.98 Å². The van der Waals surface area contributed by atoms with Crippen molar-refractivity contribution in [1.29, 1.82) is 0 Å². The maximum absolute atomic E-state index is 11.0. The van der Waals surface area contributed by atoms with Gasteiger partial charge in [-0.2, -0.15) is 0 Å². The number of nitrogen functional groups attached to an aromatic ring is 1. The Bertz CT molecular complexity index is 628. The van der Waals surface area contributed by atoms with Crippen LogP contribution in [0.15, 0.2) is 36.5 Å². The highest BCUT2D eigenvalue weighted by Crippen LogP contribution is 2.21. The first-order chi connectivity index (χ1) is 9.60. The zero-order chi connectivity index (χ0) is 14.5. The van der Waals surface area contributed by atoms with Gasteiger partial charge in [-0.05, 0) is 29.8 Å². The maximum Gasteiger partial charge on any atom is 0.248 e. The summed E-state index contributed by atoms with van der Waals surface area (Å²) in [5, 5.41) is 3.19. The van der Waals surface area contributed by atoms with Gasteiger partial charge in [0.1, 0.15) is 0 Å². The first-order valence-corrected chi connectivity index (χ1v) is 6.02. The summed E-state index contributed by atoms with van der Waals surface area (Å²) in [4.78, 5) is 15.1. The van der Waals surface area contributed by atoms with Gasteiger partial charge in [-0.15, -0.1) is 0 Å². The molecule has 2 aromatic rings. The molecule has 0 aliphatic heterocycles. The molecule has 0 radical (unpaired) electrons. The molecule has 1 heterocycles. The zero-order valence-corrected chi connectivity index (χ0v) is 11.1. The van der Waals surface area contributed by atoms with Crippen molar-refractivity contribution in [2.75, 3.05) is 18.2 Å². The molecule has 0 aliphatic carbocycles. The molecule has 0 bridgehead atoms. The fourth-order valence-electron chi connectivity index (χ4n) is 1.75. The summed E-state index contributed by atoms with van der Waals surface area (Å²) >= 11 is 0. The summed E-state index contributed by atoms with van der Waals surface area (Å²) in [5.41, 5.74) is 13.7. The number of methoxy groups -OCH3 is 1. The normalized spacial score (nSPS) is 10.1. The van der Waals surface area contributed by atoms with E-state index in [4.69, 9.17) is 16.2 Å². The summed E-state index contributed by atoms with van der Waals surface area (Å²) in [6.45, 7) is 0.568. The number of hydrogen-bond acceptors (Lipinski definition) is 5. The van der Waals surface area contributed by atoms with Crippen LogP contribution in [0.3, 0.4) is 0 Å². The molecule has 20 heavy (non-hydrogen) atoms. The molecule has 0 unspecified atom stereocenters. The van der Waals surface area contributed by atoms with Crippen LogP contribution < -0.4 is 21.5 Å². The highest BCUT2D eigenvalue weighted by atomic mass is 16.5. The number of benzene rings is 1. The summed E-state index contributed by atoms with van der Waals surface area (Å²) in [6.07, 6.45) is 1.68. The molecule has 1 aromatic heterocycles. The Morgan fingerprint density at radius 2 is 2.15 bits per heavy atom. The Hall–Kier alpha value is -2.76. The van der Waals surface area contributed by atoms with Gasteiger partial charge in [0, 0.05) is 24.4 Å². The highest BCUT2D eigenvalue weighted by Gasteiger charge is 2.05. The number of nitrogens with two attached hydrogens (primary N) is 2. The second kappa shape index (κ2) is 5.92. The van der Waals surface area contributed by atoms with Crippen LogP contribution in [-0.2, 0) is 6.54 Å². The first-order valence-electron chi connectivity index (χ1n) is 6.02. The number of nitrogens with one attached hydrogen (secondary N) is 1. The van der Waals surface area contributed by atoms with E-state index in [1.165, 1.54) is 0 Å². The van der Waals surface area contributed by atoms with Gasteiger partial charge in [-0.1, -0.05) is 0 Å². The number of hydrogen-bond donors (Lipinski definition) is 3. The van der Waals surface area contributed by atoms with Crippen LogP contribution in [0.4, 0.5) is 11.4 Å². The van der Waals surface area contributed by atoms with E-state index in [2.05, 4.69) is 10.3 Å². The number of aromatic nitrogens is 1. The number of amides is 1. The number of primary amides is 1. The largest absolute Gasteiger partial charge is 0.481 e. The molecule has 0 spiro atoms. The van der Waals surface area contributed by atoms with Crippen molar-refractivity contribution in [2.24, 2.45) is 5.73 Å². The van der Waals surface area contributed by atoms with Crippen LogP contribution in [-0.4, -0.2) is 18.0 Å². The molecule has 1 aromatic carbocycles. The Morgan fingerprint density at radius 3 is 2.80 bits per heavy atom. The molecule has 0 aliphatic rings. The van der Waals surface area contributed by atoms with Gasteiger partial charge in [0.2, 0.25) is 11.8 Å². The van der Waals surface area contributed by atoms with Crippen LogP contribution in [0, 0.1) is 0 Å². The smallest absolute Gasteiger partial charge is 0.248 e. The van der Waals surface area contributed by atoms with E-state index in [9.17, 15) is 4.79 Å². The van der Waals surface area contributed by atoms with E-state index in [0.717, 1.165) is 11.3 Å². The number of anilines is 2. The first kappa shape index (κ1) is 13.7. The van der Waals surface area contributed by atoms with Crippen LogP contribution >= 0.6 is 0 Å². The predicted molar refractivity (Wildman–Crippen MR) is 77.5 cm³/mol. The van der Waals surface area contributed by atoms with Crippen LogP contribution in [0.2, 0.25) is 0 Å². The quantitative estimate of drug-likeness (QED) is 0.713. The SMILES string of the molecule is COc1cc(CNc2ccc(C(N)=O)cc2N)ccn1. The lowest BCUT2D eigenvalue weighted by Gasteiger charge is -2.10. The standard InChI is InChI=1S/C14H16N4O2/c1-20-13-6-9(4-5-17-13)8-18-12-3-2-10(14(16)19)7-11(12)15/h2-7,18H,8,15H2,1H3,(H2,16,19). The van der Waals surface area contributed by atoms with Gasteiger partial charge in [0.05, 0.1) is 18.5 Å². The summed E-state index contributed by atoms with van der Waals surface area (Å²) in [6, 6.07) is 8.63. The molecule has 0 fully saturated rings. The maximum atomic E-state index is 11.0. The number of nitrogens with zero attached hydrogens (tertiary/aromatic N) is 1. The molecule has 0 saturated heterocycles. The molecule has 1 amide bonds. The van der Waals surface area contributed by atoms with Crippen LogP contribution in [0.25, 0.3) is 0 Å². The fourth-order valence-corrected chi connectivity index (χ4v) is 1.75. The van der Waals surface area contributed by atoms with Crippen molar-refractivity contribution in [3.05, 3.63) is 47.7 Å². The molecule has 6 nitrogen and oxygen atoms in total. The van der Waals surface area contributed by atoms with E-state index in [1.54, 1.807) is 31.5 Å². The number of rotatable bonds is 5. The summed E-state index contributed by atoms with van der Waals surface area (Å²) in [5.74, 6) is 0.0588. The third-order valence-corrected chi connectivity index (χ3v) is 2.83. The minimum Gasteiger partial charge on any atom is -0.481 e. The molecule has 5 N–H and O–H groups in total. The minimum absolute atomic E-state index is 0.388. The second-order valence-corrected chi connectivity index (χ2v) is 4.23. The molecular weight excluding hydrogens is 256 g/mol. The zero-order valence-electron chi connectivity index (χ0n) is 11.1. The molecule has 104 valence electrons. The van der Waals surface area contributed by atoms with Crippen molar-refractivity contribution in [1.82, 2.24) is 4.98 Å². The van der Waals surface area contributed by atoms with E-state index >= 15 is 0 Å². The topological polar surface area (TPSA) is 103 Å². The Morgan fingerprint density at radius 1 is 1.35 bits per heavy atom. The van der Waals surface area contributed by atoms with Crippen LogP contribution in [0.1, 0.15) is 15.9 Å². The van der Waals surface area contributed by atoms with Crippen molar-refractivity contribution in [2.45, 2.75) is 6.54 Å². The minimum atomic E-state index is -0.498. The second-order valence-electron chi connectivity index (χ2n) is 4.23. The van der Waals surface area contributed by atoms with Crippen molar-refractivity contribution < 1.29 is 9.53 Å². The lowest BCUT2D eigenvalue weighted by atomic mass is 10.1. The van der Waals surface area contributed by atoms with Crippen molar-refractivity contribution >= 4 is 17.3 Å². The monoisotopic (exact) mass is 272 g/mol. The van der Waals surface area contributed by atoms with Crippen LogP contribution in [0.5, 0.6) is 5.88 Å². The lowest BCUT2D eigenvalue weighted by molar-refractivity contribution is 0.100. The number of pyridine rings is 1. The molecular formula is C14H16N4O2. The molecule has 6 heteroatoms. The Labute approximate surface area is 116 Å². The third kappa shape index (κ3) is 3.17. The molecule has 0 atom stereocenters. The average molecular weight is 272 g/mol. The predicted octanol–water partition coefficient (Wildman–Crippen LogP) is 1.38. The van der Waals surface area contributed by atoms with Gasteiger partial charge in [0.25, 0.3) is 0 Å². The highest BCUT2D eigenvalue weighted by molar-refractivity contribution is 5.94. The molecule has 0 saturated carbocycles. The number of carbonyl (C=O) groups excluding carboxylic acids is 1. The fraction of sp³-hybridized carbons (Fsp3) is 0.143. The van der Waals surface area contributed by atoms with Crippen molar-refractivity contribution in [3.8, 4) is 5.88 Å². The number of ether oxygens (including phenoxy) is 1. The third-order valence-electron chi connectivity index (χ3n) is 2.83. The van der Waals surface area contributed by atoms with Gasteiger partial charge >= 0.3 is 0 Å².